The third-order valence-corrected chi connectivity index (χ3v) is 8.30. The van der Waals surface area contributed by atoms with Gasteiger partial charge in [-0.25, -0.2) is 0 Å². The van der Waals surface area contributed by atoms with Gasteiger partial charge in [-0.2, -0.15) is 0 Å². The van der Waals surface area contributed by atoms with Crippen LogP contribution in [-0.2, 0) is 0 Å². The maximum Gasteiger partial charge on any atom is 0.0121 e. The number of hydrogen-bond acceptors (Lipinski definition) is 4. The normalized spacial score (nSPS) is 29.6. The summed E-state index contributed by atoms with van der Waals surface area (Å²) < 4.78 is 0. The second kappa shape index (κ2) is 9.32. The van der Waals surface area contributed by atoms with Gasteiger partial charge in [0.15, 0.2) is 0 Å². The van der Waals surface area contributed by atoms with E-state index in [-0.39, 0.29) is 0 Å². The average Bonchev–Trinajstić information content (AvgIpc) is 3.47. The van der Waals surface area contributed by atoms with Crippen molar-refractivity contribution in [1.82, 2.24) is 19.6 Å². The Balaban J connectivity index is 1.16. The Labute approximate surface area is 174 Å². The molecule has 0 amide bonds. The van der Waals surface area contributed by atoms with Gasteiger partial charge in [-0.1, -0.05) is 20.8 Å². The monoisotopic (exact) mass is 390 g/mol. The lowest BCUT2D eigenvalue weighted by Gasteiger charge is -2.46. The van der Waals surface area contributed by atoms with Gasteiger partial charge in [-0.15, -0.1) is 0 Å². The van der Waals surface area contributed by atoms with Gasteiger partial charge in [0.1, 0.15) is 0 Å². The highest BCUT2D eigenvalue weighted by atomic mass is 15.3. The van der Waals surface area contributed by atoms with Crippen LogP contribution in [0.2, 0.25) is 0 Å². The Hall–Kier alpha value is -0.160. The maximum atomic E-state index is 2.86. The Morgan fingerprint density at radius 2 is 1.25 bits per heavy atom. The van der Waals surface area contributed by atoms with Crippen molar-refractivity contribution in [3.8, 4) is 0 Å². The summed E-state index contributed by atoms with van der Waals surface area (Å²) in [4.78, 5) is 11.1. The minimum atomic E-state index is 0.709. The van der Waals surface area contributed by atoms with Crippen molar-refractivity contribution in [2.24, 2.45) is 11.3 Å². The van der Waals surface area contributed by atoms with Gasteiger partial charge in [0.05, 0.1) is 0 Å². The minimum absolute atomic E-state index is 0.709. The zero-order chi connectivity index (χ0) is 19.6. The molecule has 4 heteroatoms. The molecule has 3 aliphatic heterocycles. The van der Waals surface area contributed by atoms with E-state index >= 15 is 0 Å². The molecular weight excluding hydrogens is 344 g/mol. The van der Waals surface area contributed by atoms with Crippen LogP contribution in [0.25, 0.3) is 0 Å². The summed E-state index contributed by atoms with van der Waals surface area (Å²) in [5.74, 6) is 0.867. The molecule has 28 heavy (non-hydrogen) atoms. The van der Waals surface area contributed by atoms with E-state index in [9.17, 15) is 0 Å². The van der Waals surface area contributed by atoms with Gasteiger partial charge in [-0.3, -0.25) is 4.90 Å². The fraction of sp³-hybridized carbons (Fsp3) is 1.00. The van der Waals surface area contributed by atoms with Crippen molar-refractivity contribution in [2.75, 3.05) is 65.4 Å². The summed E-state index contributed by atoms with van der Waals surface area (Å²) in [5, 5.41) is 0. The lowest BCUT2D eigenvalue weighted by atomic mass is 9.92. The number of rotatable bonds is 7. The van der Waals surface area contributed by atoms with Gasteiger partial charge in [0, 0.05) is 44.8 Å². The van der Waals surface area contributed by atoms with Crippen LogP contribution >= 0.6 is 0 Å². The summed E-state index contributed by atoms with van der Waals surface area (Å²) in [7, 11) is 0. The molecular formula is C24H46N4. The molecule has 3 saturated heterocycles. The van der Waals surface area contributed by atoms with Crippen LogP contribution in [0.4, 0.5) is 0 Å². The smallest absolute Gasteiger partial charge is 0.0121 e. The summed E-state index contributed by atoms with van der Waals surface area (Å²) in [6.07, 6.45) is 10.1. The van der Waals surface area contributed by atoms with Crippen LogP contribution in [0, 0.1) is 11.3 Å². The molecule has 3 heterocycles. The molecule has 0 spiro atoms. The van der Waals surface area contributed by atoms with Crippen LogP contribution < -0.4 is 0 Å². The highest BCUT2D eigenvalue weighted by molar-refractivity contribution is 4.97. The standard InChI is InChI=1S/C24H46N4/c1-4-25-15-17-28(18-16-25)23-7-13-27(14-8-23)22-5-11-26(12-6-22)20-24(9-10-24)19-21(2)3/h21-23H,4-20H2,1-3H3. The Bertz CT molecular complexity index is 465. The van der Waals surface area contributed by atoms with Gasteiger partial charge in [0.2, 0.25) is 0 Å². The van der Waals surface area contributed by atoms with Crippen molar-refractivity contribution >= 4 is 0 Å². The summed E-state index contributed by atoms with van der Waals surface area (Å²) >= 11 is 0. The Morgan fingerprint density at radius 3 is 1.75 bits per heavy atom. The molecule has 0 radical (unpaired) electrons. The molecule has 4 fully saturated rings. The predicted molar refractivity (Wildman–Crippen MR) is 119 cm³/mol. The molecule has 0 N–H and O–H groups in total. The number of likely N-dealkylation sites (N-methyl/N-ethyl adjacent to an activating group) is 1. The maximum absolute atomic E-state index is 2.86. The van der Waals surface area contributed by atoms with E-state index in [1.807, 2.05) is 0 Å². The summed E-state index contributed by atoms with van der Waals surface area (Å²) in [6.45, 7) is 20.3. The fourth-order valence-corrected chi connectivity index (χ4v) is 6.45. The average molecular weight is 391 g/mol. The first-order chi connectivity index (χ1) is 13.6. The molecule has 0 atom stereocenters. The van der Waals surface area contributed by atoms with E-state index in [0.29, 0.717) is 5.41 Å². The van der Waals surface area contributed by atoms with E-state index in [1.165, 1.54) is 110 Å². The molecule has 0 aromatic carbocycles. The second-order valence-electron chi connectivity index (χ2n) is 10.8. The largest absolute Gasteiger partial charge is 0.303 e. The van der Waals surface area contributed by atoms with Crippen LogP contribution in [0.5, 0.6) is 0 Å². The highest BCUT2D eigenvalue weighted by Crippen LogP contribution is 2.51. The highest BCUT2D eigenvalue weighted by Gasteiger charge is 2.44. The molecule has 0 aromatic rings. The zero-order valence-electron chi connectivity index (χ0n) is 19.0. The molecule has 0 unspecified atom stereocenters. The number of likely N-dealkylation sites (tertiary alicyclic amines) is 2. The van der Waals surface area contributed by atoms with Gasteiger partial charge < -0.3 is 14.7 Å². The van der Waals surface area contributed by atoms with E-state index in [2.05, 4.69) is 40.4 Å². The van der Waals surface area contributed by atoms with Crippen LogP contribution in [0.3, 0.4) is 0 Å². The molecule has 4 nitrogen and oxygen atoms in total. The SMILES string of the molecule is CCN1CCN(C2CCN(C3CCN(CC4(CC(C)C)CC4)CC3)CC2)CC1. The molecule has 4 aliphatic rings. The first kappa shape index (κ1) is 21.1. The second-order valence-corrected chi connectivity index (χ2v) is 10.8. The number of nitrogens with zero attached hydrogens (tertiary/aromatic N) is 4. The summed E-state index contributed by atoms with van der Waals surface area (Å²) in [5.41, 5.74) is 0.709. The van der Waals surface area contributed by atoms with Crippen molar-refractivity contribution in [3.63, 3.8) is 0 Å². The number of piperazine rings is 1. The molecule has 0 bridgehead atoms. The minimum Gasteiger partial charge on any atom is -0.303 e. The third-order valence-electron chi connectivity index (χ3n) is 8.30. The Morgan fingerprint density at radius 1 is 0.714 bits per heavy atom. The van der Waals surface area contributed by atoms with E-state index in [1.54, 1.807) is 0 Å². The molecule has 1 aliphatic carbocycles. The van der Waals surface area contributed by atoms with Crippen molar-refractivity contribution < 1.29 is 0 Å². The van der Waals surface area contributed by atoms with Crippen LogP contribution in [0.15, 0.2) is 0 Å². The Kier molecular flexibility index (Phi) is 7.02. The first-order valence-corrected chi connectivity index (χ1v) is 12.5. The lowest BCUT2D eigenvalue weighted by molar-refractivity contribution is 0.0318. The van der Waals surface area contributed by atoms with Crippen LogP contribution in [0.1, 0.15) is 65.7 Å². The zero-order valence-corrected chi connectivity index (χ0v) is 19.0. The first-order valence-electron chi connectivity index (χ1n) is 12.5. The van der Waals surface area contributed by atoms with Gasteiger partial charge in [0.25, 0.3) is 0 Å². The molecule has 1 saturated carbocycles. The molecule has 4 rings (SSSR count). The van der Waals surface area contributed by atoms with E-state index in [4.69, 9.17) is 0 Å². The quantitative estimate of drug-likeness (QED) is 0.661. The topological polar surface area (TPSA) is 13.0 Å². The number of hydrogen-bond donors (Lipinski definition) is 0. The molecule has 162 valence electrons. The van der Waals surface area contributed by atoms with Crippen molar-refractivity contribution in [2.45, 2.75) is 77.8 Å². The lowest BCUT2D eigenvalue weighted by Crippen LogP contribution is -2.55. The van der Waals surface area contributed by atoms with Gasteiger partial charge in [-0.05, 0) is 89.0 Å². The van der Waals surface area contributed by atoms with Crippen molar-refractivity contribution in [3.05, 3.63) is 0 Å². The van der Waals surface area contributed by atoms with Crippen LogP contribution in [-0.4, -0.2) is 97.1 Å². The number of piperidine rings is 2. The third kappa shape index (κ3) is 5.30. The predicted octanol–water partition coefficient (Wildman–Crippen LogP) is 3.38. The van der Waals surface area contributed by atoms with Crippen molar-refractivity contribution in [1.29, 1.82) is 0 Å². The molecule has 0 aromatic heterocycles. The van der Waals surface area contributed by atoms with E-state index in [0.717, 1.165) is 18.0 Å². The van der Waals surface area contributed by atoms with Gasteiger partial charge >= 0.3 is 0 Å². The fourth-order valence-electron chi connectivity index (χ4n) is 6.45. The summed E-state index contributed by atoms with van der Waals surface area (Å²) in [6, 6.07) is 1.73. The van der Waals surface area contributed by atoms with E-state index < -0.39 is 0 Å².